The van der Waals surface area contributed by atoms with Crippen LogP contribution in [0.25, 0.3) is 10.9 Å². The van der Waals surface area contributed by atoms with Crippen molar-refractivity contribution in [2.75, 3.05) is 25.0 Å². The lowest BCUT2D eigenvalue weighted by Crippen LogP contribution is -2.44. The molecule has 0 bridgehead atoms. The van der Waals surface area contributed by atoms with Crippen molar-refractivity contribution in [3.8, 4) is 5.75 Å². The summed E-state index contributed by atoms with van der Waals surface area (Å²) in [5.74, 6) is 1.04. The number of hydrogen-bond donors (Lipinski definition) is 1. The molecular weight excluding hydrogens is 415 g/mol. The number of fused-ring (bicyclic) bond motifs is 1. The highest BCUT2D eigenvalue weighted by molar-refractivity contribution is 6.31. The summed E-state index contributed by atoms with van der Waals surface area (Å²) in [5.41, 5.74) is 2.36. The van der Waals surface area contributed by atoms with E-state index in [0.29, 0.717) is 18.1 Å². The van der Waals surface area contributed by atoms with Gasteiger partial charge in [0.15, 0.2) is 0 Å². The lowest BCUT2D eigenvalue weighted by Gasteiger charge is -2.42. The molecule has 0 saturated carbocycles. The Hall–Kier alpha value is -2.44. The van der Waals surface area contributed by atoms with Gasteiger partial charge < -0.3 is 10.1 Å². The SMILES string of the molecule is CCOc1cc2ncnc(Nc3ccc(F)c(Cl)c3)c2cc1C(C)(C)N1CCCCC1. The molecule has 0 radical (unpaired) electrons. The van der Waals surface area contributed by atoms with Gasteiger partial charge in [0, 0.05) is 28.2 Å². The van der Waals surface area contributed by atoms with Crippen molar-refractivity contribution in [2.24, 2.45) is 0 Å². The number of anilines is 2. The average molecular weight is 443 g/mol. The molecule has 1 aliphatic heterocycles. The Morgan fingerprint density at radius 3 is 2.61 bits per heavy atom. The van der Waals surface area contributed by atoms with E-state index in [9.17, 15) is 4.39 Å². The Labute approximate surface area is 187 Å². The van der Waals surface area contributed by atoms with E-state index in [4.69, 9.17) is 16.3 Å². The second-order valence-electron chi connectivity index (χ2n) is 8.38. The predicted molar refractivity (Wildman–Crippen MR) is 124 cm³/mol. The van der Waals surface area contributed by atoms with Crippen molar-refractivity contribution in [2.45, 2.75) is 45.6 Å². The molecule has 164 valence electrons. The largest absolute Gasteiger partial charge is 0.493 e. The van der Waals surface area contributed by atoms with Crippen LogP contribution in [-0.4, -0.2) is 34.6 Å². The van der Waals surface area contributed by atoms with E-state index in [2.05, 4.69) is 40.1 Å². The van der Waals surface area contributed by atoms with Crippen LogP contribution in [0.15, 0.2) is 36.7 Å². The van der Waals surface area contributed by atoms with Crippen molar-refractivity contribution in [1.29, 1.82) is 0 Å². The maximum absolute atomic E-state index is 13.6. The lowest BCUT2D eigenvalue weighted by molar-refractivity contribution is 0.0915. The number of ether oxygens (including phenoxy) is 1. The third kappa shape index (κ3) is 4.46. The van der Waals surface area contributed by atoms with Gasteiger partial charge in [-0.1, -0.05) is 18.0 Å². The fourth-order valence-electron chi connectivity index (χ4n) is 4.27. The third-order valence-corrected chi connectivity index (χ3v) is 6.31. The number of piperidine rings is 1. The van der Waals surface area contributed by atoms with Crippen LogP contribution in [0.1, 0.15) is 45.6 Å². The normalized spacial score (nSPS) is 15.3. The van der Waals surface area contributed by atoms with Crippen LogP contribution < -0.4 is 10.1 Å². The standard InChI is InChI=1S/C24H28ClFN4O/c1-4-31-22-14-21-17(13-18(22)24(2,3)30-10-6-5-7-11-30)23(28-15-27-21)29-16-8-9-20(26)19(25)12-16/h8-9,12-15H,4-7,10-11H2,1-3H3,(H,27,28,29). The number of rotatable bonds is 6. The number of benzene rings is 2. The van der Waals surface area contributed by atoms with Gasteiger partial charge in [0.05, 0.1) is 17.1 Å². The summed E-state index contributed by atoms with van der Waals surface area (Å²) >= 11 is 5.96. The number of nitrogens with zero attached hydrogens (tertiary/aromatic N) is 3. The summed E-state index contributed by atoms with van der Waals surface area (Å²) in [6.45, 7) is 9.21. The van der Waals surface area contributed by atoms with Crippen molar-refractivity contribution in [3.05, 3.63) is 53.1 Å². The topological polar surface area (TPSA) is 50.3 Å². The zero-order valence-corrected chi connectivity index (χ0v) is 19.0. The molecule has 0 amide bonds. The second kappa shape index (κ2) is 8.97. The van der Waals surface area contributed by atoms with E-state index in [-0.39, 0.29) is 10.6 Å². The maximum Gasteiger partial charge on any atom is 0.141 e. The summed E-state index contributed by atoms with van der Waals surface area (Å²) in [4.78, 5) is 11.4. The highest BCUT2D eigenvalue weighted by atomic mass is 35.5. The molecule has 2 heterocycles. The molecule has 2 aromatic carbocycles. The minimum atomic E-state index is -0.452. The van der Waals surface area contributed by atoms with Gasteiger partial charge >= 0.3 is 0 Å². The van der Waals surface area contributed by atoms with Crippen molar-refractivity contribution in [1.82, 2.24) is 14.9 Å². The fourth-order valence-corrected chi connectivity index (χ4v) is 4.45. The maximum atomic E-state index is 13.6. The Balaban J connectivity index is 1.80. The van der Waals surface area contributed by atoms with E-state index in [1.807, 2.05) is 13.0 Å². The first-order chi connectivity index (χ1) is 14.9. The Bertz CT molecular complexity index is 1080. The zero-order chi connectivity index (χ0) is 22.0. The highest BCUT2D eigenvalue weighted by Crippen LogP contribution is 2.40. The van der Waals surface area contributed by atoms with E-state index in [0.717, 1.165) is 35.3 Å². The van der Waals surface area contributed by atoms with Crippen LogP contribution in [0, 0.1) is 5.82 Å². The predicted octanol–water partition coefficient (Wildman–Crippen LogP) is 6.29. The van der Waals surface area contributed by atoms with Crippen LogP contribution in [0.2, 0.25) is 5.02 Å². The van der Waals surface area contributed by atoms with Gasteiger partial charge in [-0.15, -0.1) is 0 Å². The number of hydrogen-bond acceptors (Lipinski definition) is 5. The molecular formula is C24H28ClFN4O. The summed E-state index contributed by atoms with van der Waals surface area (Å²) in [7, 11) is 0. The zero-order valence-electron chi connectivity index (χ0n) is 18.2. The van der Waals surface area contributed by atoms with E-state index in [1.54, 1.807) is 12.1 Å². The molecule has 31 heavy (non-hydrogen) atoms. The van der Waals surface area contributed by atoms with Crippen LogP contribution >= 0.6 is 11.6 Å². The molecule has 1 aliphatic rings. The number of likely N-dealkylation sites (tertiary alicyclic amines) is 1. The lowest BCUT2D eigenvalue weighted by atomic mass is 9.88. The Morgan fingerprint density at radius 1 is 1.13 bits per heavy atom. The van der Waals surface area contributed by atoms with Gasteiger partial charge in [0.25, 0.3) is 0 Å². The summed E-state index contributed by atoms with van der Waals surface area (Å²) in [5, 5.41) is 4.21. The molecule has 0 unspecified atom stereocenters. The monoisotopic (exact) mass is 442 g/mol. The minimum absolute atomic E-state index is 0.0638. The Morgan fingerprint density at radius 2 is 1.90 bits per heavy atom. The average Bonchev–Trinajstić information content (AvgIpc) is 2.77. The highest BCUT2D eigenvalue weighted by Gasteiger charge is 2.33. The second-order valence-corrected chi connectivity index (χ2v) is 8.79. The first kappa shape index (κ1) is 21.8. The summed E-state index contributed by atoms with van der Waals surface area (Å²) < 4.78 is 19.6. The van der Waals surface area contributed by atoms with Crippen LogP contribution in [0.3, 0.4) is 0 Å². The van der Waals surface area contributed by atoms with E-state index < -0.39 is 5.82 Å². The molecule has 4 rings (SSSR count). The molecule has 7 heteroatoms. The first-order valence-corrected chi connectivity index (χ1v) is 11.2. The van der Waals surface area contributed by atoms with Gasteiger partial charge in [-0.25, -0.2) is 14.4 Å². The molecule has 0 aliphatic carbocycles. The van der Waals surface area contributed by atoms with Crippen LogP contribution in [0.5, 0.6) is 5.75 Å². The van der Waals surface area contributed by atoms with Crippen molar-refractivity contribution >= 4 is 34.0 Å². The van der Waals surface area contributed by atoms with Gasteiger partial charge in [-0.2, -0.15) is 0 Å². The molecule has 0 atom stereocenters. The molecule has 5 nitrogen and oxygen atoms in total. The van der Waals surface area contributed by atoms with Crippen molar-refractivity contribution in [3.63, 3.8) is 0 Å². The first-order valence-electron chi connectivity index (χ1n) is 10.8. The number of nitrogens with one attached hydrogen (secondary N) is 1. The molecule has 1 saturated heterocycles. The summed E-state index contributed by atoms with van der Waals surface area (Å²) in [6, 6.07) is 8.65. The molecule has 3 aromatic rings. The van der Waals surface area contributed by atoms with Crippen molar-refractivity contribution < 1.29 is 9.13 Å². The smallest absolute Gasteiger partial charge is 0.141 e. The fraction of sp³-hybridized carbons (Fsp3) is 0.417. The quantitative estimate of drug-likeness (QED) is 0.486. The molecule has 1 aromatic heterocycles. The van der Waals surface area contributed by atoms with Gasteiger partial charge in [-0.3, -0.25) is 4.90 Å². The van der Waals surface area contributed by atoms with Gasteiger partial charge in [0.1, 0.15) is 23.7 Å². The number of aromatic nitrogens is 2. The molecule has 0 spiro atoms. The number of halogens is 2. The molecule has 1 fully saturated rings. The summed E-state index contributed by atoms with van der Waals surface area (Å²) in [6.07, 6.45) is 5.22. The third-order valence-electron chi connectivity index (χ3n) is 6.02. The van der Waals surface area contributed by atoms with E-state index in [1.165, 1.54) is 31.7 Å². The van der Waals surface area contributed by atoms with Crippen LogP contribution in [0.4, 0.5) is 15.9 Å². The molecule has 1 N–H and O–H groups in total. The minimum Gasteiger partial charge on any atom is -0.493 e. The van der Waals surface area contributed by atoms with Gasteiger partial charge in [0.2, 0.25) is 0 Å². The Kier molecular flexibility index (Phi) is 6.30. The van der Waals surface area contributed by atoms with Gasteiger partial charge in [-0.05, 0) is 71.0 Å². The van der Waals surface area contributed by atoms with E-state index >= 15 is 0 Å². The van der Waals surface area contributed by atoms with Crippen LogP contribution in [-0.2, 0) is 5.54 Å².